The number of thioether (sulfide) groups is 1. The third-order valence-electron chi connectivity index (χ3n) is 3.67. The molecule has 0 bridgehead atoms. The summed E-state index contributed by atoms with van der Waals surface area (Å²) in [5.74, 6) is 0.981. The fourth-order valence-corrected chi connectivity index (χ4v) is 3.79. The van der Waals surface area contributed by atoms with Crippen molar-refractivity contribution >= 4 is 11.8 Å². The first-order valence-corrected chi connectivity index (χ1v) is 7.57. The van der Waals surface area contributed by atoms with E-state index in [2.05, 4.69) is 5.32 Å². The van der Waals surface area contributed by atoms with E-state index in [0.29, 0.717) is 12.1 Å². The van der Waals surface area contributed by atoms with Crippen LogP contribution in [-0.2, 0) is 4.74 Å². The van der Waals surface area contributed by atoms with E-state index >= 15 is 0 Å². The Morgan fingerprint density at radius 1 is 1.22 bits per heavy atom. The molecule has 0 saturated carbocycles. The molecule has 1 fully saturated rings. The van der Waals surface area contributed by atoms with Crippen molar-refractivity contribution in [2.75, 3.05) is 19.0 Å². The lowest BCUT2D eigenvalue weighted by Crippen LogP contribution is -2.38. The lowest BCUT2D eigenvalue weighted by atomic mass is 10.0. The number of hydrogen-bond acceptors (Lipinski definition) is 3. The molecule has 1 atom stereocenters. The van der Waals surface area contributed by atoms with Gasteiger partial charge in [0.15, 0.2) is 0 Å². The molecule has 2 aliphatic rings. The third-order valence-corrected chi connectivity index (χ3v) is 4.79. The lowest BCUT2D eigenvalue weighted by Gasteiger charge is -2.32. The molecule has 3 rings (SSSR count). The number of nitrogens with one attached hydrogen (secondary N) is 1. The van der Waals surface area contributed by atoms with Gasteiger partial charge in [-0.1, -0.05) is 0 Å². The summed E-state index contributed by atoms with van der Waals surface area (Å²) in [7, 11) is 0. The summed E-state index contributed by atoms with van der Waals surface area (Å²) in [6.45, 7) is 1.68. The molecule has 1 N–H and O–H groups in total. The molecule has 1 aromatic carbocycles. The van der Waals surface area contributed by atoms with Crippen LogP contribution in [0, 0.1) is 5.82 Å². The Hall–Kier alpha value is -0.580. The standard InChI is InChI=1S/C14H18FNOS/c15-10-1-2-14-12(9-10)13(5-8-18-14)16-11-3-6-17-7-4-11/h1-2,9,11,13,16H,3-8H2. The van der Waals surface area contributed by atoms with E-state index in [-0.39, 0.29) is 5.82 Å². The van der Waals surface area contributed by atoms with E-state index < -0.39 is 0 Å². The minimum Gasteiger partial charge on any atom is -0.381 e. The summed E-state index contributed by atoms with van der Waals surface area (Å²) < 4.78 is 18.8. The van der Waals surface area contributed by atoms with Crippen LogP contribution in [0.3, 0.4) is 0 Å². The Bertz CT molecular complexity index is 420. The Morgan fingerprint density at radius 2 is 2.06 bits per heavy atom. The molecule has 0 spiro atoms. The van der Waals surface area contributed by atoms with Gasteiger partial charge in [-0.05, 0) is 48.8 Å². The quantitative estimate of drug-likeness (QED) is 0.889. The van der Waals surface area contributed by atoms with Gasteiger partial charge in [-0.15, -0.1) is 11.8 Å². The number of rotatable bonds is 2. The second-order valence-electron chi connectivity index (χ2n) is 4.93. The molecule has 2 heterocycles. The van der Waals surface area contributed by atoms with Crippen LogP contribution in [0.1, 0.15) is 30.9 Å². The van der Waals surface area contributed by atoms with Crippen molar-refractivity contribution in [2.24, 2.45) is 0 Å². The second kappa shape index (κ2) is 5.59. The van der Waals surface area contributed by atoms with Gasteiger partial charge in [-0.3, -0.25) is 0 Å². The van der Waals surface area contributed by atoms with Crippen LogP contribution in [0.25, 0.3) is 0 Å². The zero-order valence-electron chi connectivity index (χ0n) is 10.3. The van der Waals surface area contributed by atoms with Crippen molar-refractivity contribution in [2.45, 2.75) is 36.2 Å². The number of ether oxygens (including phenoxy) is 1. The highest BCUT2D eigenvalue weighted by molar-refractivity contribution is 7.99. The van der Waals surface area contributed by atoms with Crippen molar-refractivity contribution < 1.29 is 9.13 Å². The minimum absolute atomic E-state index is 0.130. The average molecular weight is 267 g/mol. The molecule has 1 saturated heterocycles. The summed E-state index contributed by atoms with van der Waals surface area (Å²) >= 11 is 1.83. The number of fused-ring (bicyclic) bond motifs is 1. The molecule has 0 radical (unpaired) electrons. The smallest absolute Gasteiger partial charge is 0.123 e. The maximum absolute atomic E-state index is 13.4. The molecule has 2 aliphatic heterocycles. The van der Waals surface area contributed by atoms with E-state index in [0.717, 1.165) is 43.8 Å². The van der Waals surface area contributed by atoms with Crippen LogP contribution in [0.2, 0.25) is 0 Å². The Morgan fingerprint density at radius 3 is 2.89 bits per heavy atom. The van der Waals surface area contributed by atoms with Crippen LogP contribution in [0.15, 0.2) is 23.1 Å². The normalized spacial score (nSPS) is 24.8. The second-order valence-corrected chi connectivity index (χ2v) is 6.06. The summed E-state index contributed by atoms with van der Waals surface area (Å²) in [5, 5.41) is 3.68. The number of hydrogen-bond donors (Lipinski definition) is 1. The third kappa shape index (κ3) is 2.71. The van der Waals surface area contributed by atoms with Gasteiger partial charge >= 0.3 is 0 Å². The first-order valence-electron chi connectivity index (χ1n) is 6.59. The first kappa shape index (κ1) is 12.5. The Labute approximate surface area is 111 Å². The van der Waals surface area contributed by atoms with Gasteiger partial charge < -0.3 is 10.1 Å². The maximum Gasteiger partial charge on any atom is 0.123 e. The molecule has 18 heavy (non-hydrogen) atoms. The van der Waals surface area contributed by atoms with Gasteiger partial charge in [0.05, 0.1) is 0 Å². The molecule has 0 amide bonds. The highest BCUT2D eigenvalue weighted by Crippen LogP contribution is 2.37. The predicted octanol–water partition coefficient (Wildman–Crippen LogP) is 3.13. The predicted molar refractivity (Wildman–Crippen MR) is 71.5 cm³/mol. The van der Waals surface area contributed by atoms with Crippen molar-refractivity contribution in [3.63, 3.8) is 0 Å². The molecule has 4 heteroatoms. The monoisotopic (exact) mass is 267 g/mol. The van der Waals surface area contributed by atoms with Crippen molar-refractivity contribution in [3.8, 4) is 0 Å². The average Bonchev–Trinajstić information content (AvgIpc) is 2.41. The van der Waals surface area contributed by atoms with Crippen molar-refractivity contribution in [1.82, 2.24) is 5.32 Å². The van der Waals surface area contributed by atoms with Crippen LogP contribution < -0.4 is 5.32 Å². The summed E-state index contributed by atoms with van der Waals surface area (Å²) in [6, 6.07) is 5.98. The highest BCUT2D eigenvalue weighted by atomic mass is 32.2. The van der Waals surface area contributed by atoms with Gasteiger partial charge in [-0.2, -0.15) is 0 Å². The summed E-state index contributed by atoms with van der Waals surface area (Å²) in [4.78, 5) is 1.23. The summed E-state index contributed by atoms with van der Waals surface area (Å²) in [6.07, 6.45) is 3.21. The van der Waals surface area contributed by atoms with E-state index in [9.17, 15) is 4.39 Å². The van der Waals surface area contributed by atoms with Crippen LogP contribution in [-0.4, -0.2) is 25.0 Å². The minimum atomic E-state index is -0.130. The summed E-state index contributed by atoms with van der Waals surface area (Å²) in [5.41, 5.74) is 1.14. The highest BCUT2D eigenvalue weighted by Gasteiger charge is 2.24. The van der Waals surface area contributed by atoms with E-state index in [1.165, 1.54) is 4.90 Å². The topological polar surface area (TPSA) is 21.3 Å². The van der Waals surface area contributed by atoms with Gasteiger partial charge in [0.2, 0.25) is 0 Å². The zero-order chi connectivity index (χ0) is 12.4. The van der Waals surface area contributed by atoms with Gasteiger partial charge in [0.1, 0.15) is 5.82 Å². The van der Waals surface area contributed by atoms with E-state index in [1.54, 1.807) is 12.1 Å². The zero-order valence-corrected chi connectivity index (χ0v) is 11.1. The van der Waals surface area contributed by atoms with Crippen molar-refractivity contribution in [1.29, 1.82) is 0 Å². The van der Waals surface area contributed by atoms with Crippen LogP contribution >= 0.6 is 11.8 Å². The van der Waals surface area contributed by atoms with Gasteiger partial charge in [0.25, 0.3) is 0 Å². The maximum atomic E-state index is 13.4. The fraction of sp³-hybridized carbons (Fsp3) is 0.571. The van der Waals surface area contributed by atoms with Crippen molar-refractivity contribution in [3.05, 3.63) is 29.6 Å². The largest absolute Gasteiger partial charge is 0.381 e. The molecule has 0 aliphatic carbocycles. The molecular weight excluding hydrogens is 249 g/mol. The Kier molecular flexibility index (Phi) is 3.87. The van der Waals surface area contributed by atoms with Crippen LogP contribution in [0.5, 0.6) is 0 Å². The number of benzene rings is 1. The lowest BCUT2D eigenvalue weighted by molar-refractivity contribution is 0.0745. The number of halogens is 1. The van der Waals surface area contributed by atoms with Crippen LogP contribution in [0.4, 0.5) is 4.39 Å². The van der Waals surface area contributed by atoms with E-state index in [1.807, 2.05) is 17.8 Å². The SMILES string of the molecule is Fc1ccc2c(c1)C(NC1CCOCC1)CCS2. The van der Waals surface area contributed by atoms with Gasteiger partial charge in [-0.25, -0.2) is 4.39 Å². The Balaban J connectivity index is 1.75. The van der Waals surface area contributed by atoms with Gasteiger partial charge in [0, 0.05) is 30.2 Å². The first-order chi connectivity index (χ1) is 8.83. The molecule has 1 aromatic rings. The molecule has 98 valence electrons. The molecule has 2 nitrogen and oxygen atoms in total. The fourth-order valence-electron chi connectivity index (χ4n) is 2.69. The molecular formula is C14H18FNOS. The molecule has 0 aromatic heterocycles. The van der Waals surface area contributed by atoms with E-state index in [4.69, 9.17) is 4.74 Å². The molecule has 1 unspecified atom stereocenters.